The second-order valence-corrected chi connectivity index (χ2v) is 3.47. The molecule has 4 nitrogen and oxygen atoms in total. The maximum absolute atomic E-state index is 11.1. The number of phenols is 1. The van der Waals surface area contributed by atoms with Crippen LogP contribution in [-0.4, -0.2) is 10.1 Å². The summed E-state index contributed by atoms with van der Waals surface area (Å²) in [6.45, 7) is 0. The predicted molar refractivity (Wildman–Crippen MR) is 59.7 cm³/mol. The third kappa shape index (κ3) is 2.07. The molecule has 0 saturated heterocycles. The number of phenolic OH excluding ortho intramolecular Hbond substituents is 1. The fraction of sp³-hybridized carbons (Fsp3) is 0. The van der Waals surface area contributed by atoms with E-state index in [1.807, 2.05) is 0 Å². The maximum Gasteiger partial charge on any atom is 1.00 e. The van der Waals surface area contributed by atoms with Gasteiger partial charge in [0.15, 0.2) is 16.8 Å². The van der Waals surface area contributed by atoms with Gasteiger partial charge in [-0.15, -0.1) is 0 Å². The Morgan fingerprint density at radius 3 is 2.88 bits per heavy atom. The van der Waals surface area contributed by atoms with E-state index >= 15 is 0 Å². The third-order valence-corrected chi connectivity index (χ3v) is 2.36. The van der Waals surface area contributed by atoms with Gasteiger partial charge in [-0.3, -0.25) is 4.79 Å². The van der Waals surface area contributed by atoms with Crippen molar-refractivity contribution in [1.29, 1.82) is 0 Å². The van der Waals surface area contributed by atoms with Gasteiger partial charge in [0, 0.05) is 6.07 Å². The van der Waals surface area contributed by atoms with Crippen molar-refractivity contribution in [3.05, 3.63) is 46.6 Å². The van der Waals surface area contributed by atoms with E-state index in [0.29, 0.717) is 22.6 Å². The first-order chi connectivity index (χ1) is 7.74. The Kier molecular flexibility index (Phi) is 3.19. The normalized spacial score (nSPS) is 10.4. The molecule has 0 bridgehead atoms. The summed E-state index contributed by atoms with van der Waals surface area (Å²) in [5.74, 6) is 0.486. The molecule has 1 aliphatic heterocycles. The minimum Gasteiger partial charge on any atom is -1.00 e. The largest absolute Gasteiger partial charge is 1.00 e. The molecule has 17 heavy (non-hydrogen) atoms. The van der Waals surface area contributed by atoms with Gasteiger partial charge in [-0.1, -0.05) is 6.07 Å². The van der Waals surface area contributed by atoms with Crippen molar-refractivity contribution in [2.24, 2.45) is 0 Å². The molecule has 0 aromatic heterocycles. The predicted octanol–water partition coefficient (Wildman–Crippen LogP) is -0.885. The molecule has 0 fully saturated rings. The smallest absolute Gasteiger partial charge is 1.00 e. The van der Waals surface area contributed by atoms with Crippen molar-refractivity contribution in [1.82, 2.24) is 4.98 Å². The fourth-order valence-electron chi connectivity index (χ4n) is 1.61. The van der Waals surface area contributed by atoms with E-state index in [0.717, 1.165) is 0 Å². The summed E-state index contributed by atoms with van der Waals surface area (Å²) in [5.41, 5.74) is 1.28. The quantitative estimate of drug-likeness (QED) is 0.407. The zero-order valence-corrected chi connectivity index (χ0v) is 11.2. The van der Waals surface area contributed by atoms with E-state index in [2.05, 4.69) is 4.98 Å². The van der Waals surface area contributed by atoms with Crippen LogP contribution in [0.1, 0.15) is 1.43 Å². The summed E-state index contributed by atoms with van der Waals surface area (Å²) in [7, 11) is 0. The van der Waals surface area contributed by atoms with E-state index in [1.165, 1.54) is 12.1 Å². The first kappa shape index (κ1) is 12.1. The number of aromatic nitrogens is 1. The van der Waals surface area contributed by atoms with E-state index in [9.17, 15) is 9.90 Å². The van der Waals surface area contributed by atoms with Gasteiger partial charge in [0.1, 0.15) is 17.0 Å². The number of hydrogen-bond acceptors (Lipinski definition) is 4. The number of fused-ring (bicyclic) bond motifs is 2. The van der Waals surface area contributed by atoms with E-state index in [-0.39, 0.29) is 42.2 Å². The third-order valence-electron chi connectivity index (χ3n) is 2.36. The summed E-state index contributed by atoms with van der Waals surface area (Å²) in [5, 5.41) is 9.60. The van der Waals surface area contributed by atoms with Crippen LogP contribution in [0.3, 0.4) is 0 Å². The molecule has 5 heteroatoms. The topological polar surface area (TPSA) is 63.3 Å². The number of para-hydroxylation sites is 1. The second-order valence-electron chi connectivity index (χ2n) is 3.47. The molecular weight excluding hydrogens is 229 g/mol. The Bertz CT molecular complexity index is 713. The molecule has 2 aliphatic rings. The van der Waals surface area contributed by atoms with Crippen LogP contribution in [0.4, 0.5) is 0 Å². The molecule has 1 N–H and O–H groups in total. The summed E-state index contributed by atoms with van der Waals surface area (Å²) in [4.78, 5) is 15.4. The molecule has 0 spiro atoms. The molecule has 80 valence electrons. The number of rotatable bonds is 0. The molecule has 1 aliphatic carbocycles. The van der Waals surface area contributed by atoms with Crippen molar-refractivity contribution in [2.75, 3.05) is 0 Å². The Balaban J connectivity index is 0.000000810. The van der Waals surface area contributed by atoms with Crippen LogP contribution in [0.5, 0.6) is 5.75 Å². The van der Waals surface area contributed by atoms with E-state index < -0.39 is 0 Å². The SMILES string of the molecule is O=c1ccc2nc3c(O)cccc3oc-2c1.[H-].[Na+]. The van der Waals surface area contributed by atoms with Gasteiger partial charge in [0.2, 0.25) is 0 Å². The van der Waals surface area contributed by atoms with Crippen molar-refractivity contribution in [2.45, 2.75) is 0 Å². The summed E-state index contributed by atoms with van der Waals surface area (Å²) < 4.78 is 5.49. The Hall–Kier alpha value is -1.36. The number of hydrogen-bond donors (Lipinski definition) is 1. The summed E-state index contributed by atoms with van der Waals surface area (Å²) in [6.07, 6.45) is 0. The average molecular weight is 237 g/mol. The van der Waals surface area contributed by atoms with Gasteiger partial charge in [-0.05, 0) is 24.3 Å². The number of benzene rings is 2. The van der Waals surface area contributed by atoms with Gasteiger partial charge < -0.3 is 11.0 Å². The van der Waals surface area contributed by atoms with Gasteiger partial charge in [0.05, 0.1) is 0 Å². The van der Waals surface area contributed by atoms with Gasteiger partial charge in [-0.25, -0.2) is 4.98 Å². The van der Waals surface area contributed by atoms with Crippen molar-refractivity contribution < 1.29 is 40.5 Å². The van der Waals surface area contributed by atoms with Crippen LogP contribution in [0, 0.1) is 0 Å². The maximum atomic E-state index is 11.1. The van der Waals surface area contributed by atoms with Crippen LogP contribution in [0.15, 0.2) is 45.6 Å². The molecule has 1 heterocycles. The van der Waals surface area contributed by atoms with Gasteiger partial charge >= 0.3 is 29.6 Å². The van der Waals surface area contributed by atoms with Crippen molar-refractivity contribution in [3.8, 4) is 17.2 Å². The molecule has 0 amide bonds. The molecule has 0 radical (unpaired) electrons. The summed E-state index contributed by atoms with van der Waals surface area (Å²) >= 11 is 0. The molecule has 0 atom stereocenters. The standard InChI is InChI=1S/C12H7NO3.Na.H/c14-7-4-5-8-11(6-7)16-10-3-1-2-9(15)12(10)13-8;;/h1-6,15H;;/q;+1;-1. The summed E-state index contributed by atoms with van der Waals surface area (Å²) in [6, 6.07) is 9.27. The Labute approximate surface area is 120 Å². The minimum atomic E-state index is -0.127. The van der Waals surface area contributed by atoms with Gasteiger partial charge in [0.25, 0.3) is 0 Å². The zero-order chi connectivity index (χ0) is 11.1. The van der Waals surface area contributed by atoms with Gasteiger partial charge in [-0.2, -0.15) is 0 Å². The van der Waals surface area contributed by atoms with Crippen LogP contribution >= 0.6 is 0 Å². The van der Waals surface area contributed by atoms with Crippen molar-refractivity contribution in [3.63, 3.8) is 0 Å². The van der Waals surface area contributed by atoms with Crippen LogP contribution < -0.4 is 35.0 Å². The Morgan fingerprint density at radius 1 is 1.24 bits per heavy atom. The first-order valence-corrected chi connectivity index (χ1v) is 4.77. The first-order valence-electron chi connectivity index (χ1n) is 4.77. The van der Waals surface area contributed by atoms with Crippen LogP contribution in [0.2, 0.25) is 0 Å². The van der Waals surface area contributed by atoms with E-state index in [1.54, 1.807) is 24.3 Å². The van der Waals surface area contributed by atoms with E-state index in [4.69, 9.17) is 4.42 Å². The molecule has 3 rings (SSSR count). The molecule has 0 unspecified atom stereocenters. The molecule has 1 aromatic carbocycles. The molecule has 0 saturated carbocycles. The van der Waals surface area contributed by atoms with Crippen LogP contribution in [0.25, 0.3) is 22.6 Å². The van der Waals surface area contributed by atoms with Crippen molar-refractivity contribution >= 4 is 11.1 Å². The average Bonchev–Trinajstić information content (AvgIpc) is 2.27. The fourth-order valence-corrected chi connectivity index (χ4v) is 1.61. The molecular formula is C12H8NNaO3. The Morgan fingerprint density at radius 2 is 2.06 bits per heavy atom. The number of aromatic hydroxyl groups is 1. The minimum absolute atomic E-state index is 0. The zero-order valence-electron chi connectivity index (χ0n) is 10.2. The monoisotopic (exact) mass is 237 g/mol. The number of nitrogens with zero attached hydrogens (tertiary/aromatic N) is 1. The second kappa shape index (κ2) is 4.49. The van der Waals surface area contributed by atoms with Crippen LogP contribution in [-0.2, 0) is 0 Å². The molecule has 1 aromatic rings.